The molecule has 3 rings (SSSR count). The van der Waals surface area contributed by atoms with Gasteiger partial charge in [0.15, 0.2) is 5.96 Å². The van der Waals surface area contributed by atoms with Gasteiger partial charge in [-0.05, 0) is 56.6 Å². The third-order valence-electron chi connectivity index (χ3n) is 5.42. The van der Waals surface area contributed by atoms with Gasteiger partial charge in [0.2, 0.25) is 0 Å². The number of ether oxygens (including phenoxy) is 3. The van der Waals surface area contributed by atoms with Crippen molar-refractivity contribution in [2.75, 3.05) is 52.7 Å². The van der Waals surface area contributed by atoms with Crippen molar-refractivity contribution in [3.63, 3.8) is 0 Å². The predicted octanol–water partition coefficient (Wildman–Crippen LogP) is 3.38. The van der Waals surface area contributed by atoms with Gasteiger partial charge >= 0.3 is 0 Å². The normalized spacial score (nSPS) is 20.5. The summed E-state index contributed by atoms with van der Waals surface area (Å²) >= 11 is 0. The minimum Gasteiger partial charge on any atom is -0.469 e. The molecule has 8 heteroatoms. The molecule has 7 nitrogen and oxygen atoms in total. The van der Waals surface area contributed by atoms with Gasteiger partial charge in [-0.2, -0.15) is 0 Å². The maximum Gasteiger partial charge on any atom is 0.191 e. The van der Waals surface area contributed by atoms with Crippen molar-refractivity contribution in [2.45, 2.75) is 51.0 Å². The zero-order valence-corrected chi connectivity index (χ0v) is 20.3. The van der Waals surface area contributed by atoms with Gasteiger partial charge in [-0.3, -0.25) is 4.99 Å². The van der Waals surface area contributed by atoms with Gasteiger partial charge in [-0.15, -0.1) is 24.0 Å². The molecular formula is C22H38IN3O4. The van der Waals surface area contributed by atoms with E-state index in [1.807, 2.05) is 12.1 Å². The van der Waals surface area contributed by atoms with Crippen molar-refractivity contribution in [3.8, 4) is 0 Å². The van der Waals surface area contributed by atoms with Gasteiger partial charge in [0.25, 0.3) is 0 Å². The fourth-order valence-electron chi connectivity index (χ4n) is 3.62. The zero-order valence-electron chi connectivity index (χ0n) is 18.0. The molecule has 2 saturated heterocycles. The van der Waals surface area contributed by atoms with Crippen LogP contribution in [0.4, 0.5) is 0 Å². The number of hydrogen-bond donors (Lipinski definition) is 2. The highest BCUT2D eigenvalue weighted by Gasteiger charge is 2.14. The lowest BCUT2D eigenvalue weighted by Crippen LogP contribution is -2.40. The first-order valence-electron chi connectivity index (χ1n) is 11.2. The lowest BCUT2D eigenvalue weighted by atomic mass is 10.0. The molecular weight excluding hydrogens is 497 g/mol. The summed E-state index contributed by atoms with van der Waals surface area (Å²) in [5, 5.41) is 6.84. The van der Waals surface area contributed by atoms with Crippen molar-refractivity contribution in [3.05, 3.63) is 24.2 Å². The second kappa shape index (κ2) is 15.9. The van der Waals surface area contributed by atoms with E-state index in [1.54, 1.807) is 6.26 Å². The van der Waals surface area contributed by atoms with E-state index < -0.39 is 0 Å². The average Bonchev–Trinajstić information content (AvgIpc) is 3.29. The van der Waals surface area contributed by atoms with Crippen LogP contribution in [0.3, 0.4) is 0 Å². The number of halogens is 1. The summed E-state index contributed by atoms with van der Waals surface area (Å²) in [6.45, 7) is 6.57. The smallest absolute Gasteiger partial charge is 0.191 e. The molecule has 1 unspecified atom stereocenters. The average molecular weight is 535 g/mol. The number of nitrogens with one attached hydrogen (secondary N) is 2. The molecule has 172 valence electrons. The third kappa shape index (κ3) is 10.5. The standard InChI is InChI=1S/C22H37N3O4.HI/c1-2-13-29-21(5-1)17-25-22(24-11-7-20-6-3-14-28-20)23-10-4-12-27-18-19-8-15-26-16-9-19;/h3,6,14,19,21H,1-2,4-5,7-13,15-18H2,(H2,23,24,25);1H. The monoisotopic (exact) mass is 535 g/mol. The number of furan rings is 1. The maximum atomic E-state index is 5.85. The number of hydrogen-bond acceptors (Lipinski definition) is 5. The summed E-state index contributed by atoms with van der Waals surface area (Å²) in [5.74, 6) is 2.48. The molecule has 2 fully saturated rings. The van der Waals surface area contributed by atoms with Gasteiger partial charge in [-0.25, -0.2) is 0 Å². The topological polar surface area (TPSA) is 77.3 Å². The van der Waals surface area contributed by atoms with Crippen LogP contribution in [0, 0.1) is 5.92 Å². The van der Waals surface area contributed by atoms with Crippen LogP contribution in [0.2, 0.25) is 0 Å². The van der Waals surface area contributed by atoms with Crippen molar-refractivity contribution in [1.29, 1.82) is 0 Å². The molecule has 3 heterocycles. The van der Waals surface area contributed by atoms with Gasteiger partial charge in [0, 0.05) is 52.5 Å². The number of guanidine groups is 1. The van der Waals surface area contributed by atoms with Crippen LogP contribution in [-0.4, -0.2) is 64.7 Å². The summed E-state index contributed by atoms with van der Waals surface area (Å²) in [5.41, 5.74) is 0. The van der Waals surface area contributed by atoms with Gasteiger partial charge < -0.3 is 29.3 Å². The van der Waals surface area contributed by atoms with Crippen molar-refractivity contribution in [1.82, 2.24) is 10.6 Å². The van der Waals surface area contributed by atoms with E-state index in [9.17, 15) is 0 Å². The van der Waals surface area contributed by atoms with E-state index in [-0.39, 0.29) is 30.1 Å². The van der Waals surface area contributed by atoms with Crippen molar-refractivity contribution >= 4 is 29.9 Å². The third-order valence-corrected chi connectivity index (χ3v) is 5.42. The van der Waals surface area contributed by atoms with Crippen LogP contribution in [0.25, 0.3) is 0 Å². The van der Waals surface area contributed by atoms with E-state index in [2.05, 4.69) is 10.6 Å². The minimum atomic E-state index is 0. The highest BCUT2D eigenvalue weighted by atomic mass is 127. The maximum absolute atomic E-state index is 5.85. The van der Waals surface area contributed by atoms with Crippen LogP contribution in [-0.2, 0) is 20.6 Å². The summed E-state index contributed by atoms with van der Waals surface area (Å²) in [4.78, 5) is 4.74. The Morgan fingerprint density at radius 3 is 2.73 bits per heavy atom. The van der Waals surface area contributed by atoms with Crippen LogP contribution < -0.4 is 10.6 Å². The van der Waals surface area contributed by atoms with E-state index in [0.29, 0.717) is 12.5 Å². The second-order valence-electron chi connectivity index (χ2n) is 7.85. The number of rotatable bonds is 11. The summed E-state index contributed by atoms with van der Waals surface area (Å²) in [6.07, 6.45) is 9.50. The van der Waals surface area contributed by atoms with E-state index in [1.165, 1.54) is 12.8 Å². The predicted molar refractivity (Wildman–Crippen MR) is 129 cm³/mol. The molecule has 2 N–H and O–H groups in total. The quantitative estimate of drug-likeness (QED) is 0.196. The molecule has 0 amide bonds. The van der Waals surface area contributed by atoms with Gasteiger partial charge in [0.05, 0.1) is 18.9 Å². The molecule has 2 aliphatic rings. The largest absolute Gasteiger partial charge is 0.469 e. The zero-order chi connectivity index (χ0) is 20.0. The Morgan fingerprint density at radius 2 is 1.97 bits per heavy atom. The van der Waals surface area contributed by atoms with Crippen LogP contribution in [0.1, 0.15) is 44.3 Å². The molecule has 0 saturated carbocycles. The Labute approximate surface area is 197 Å². The fraction of sp³-hybridized carbons (Fsp3) is 0.773. The van der Waals surface area contributed by atoms with Gasteiger partial charge in [0.1, 0.15) is 5.76 Å². The summed E-state index contributed by atoms with van der Waals surface area (Å²) in [6, 6.07) is 3.92. The van der Waals surface area contributed by atoms with E-state index in [0.717, 1.165) is 89.9 Å². The SMILES string of the molecule is I.c1coc(CCNC(=NCC2CCCCO2)NCCCOCC2CCOCC2)c1. The molecule has 0 radical (unpaired) electrons. The highest BCUT2D eigenvalue weighted by molar-refractivity contribution is 14.0. The first kappa shape index (κ1) is 25.4. The first-order valence-corrected chi connectivity index (χ1v) is 11.2. The minimum absolute atomic E-state index is 0. The molecule has 0 bridgehead atoms. The molecule has 0 aliphatic carbocycles. The van der Waals surface area contributed by atoms with Crippen LogP contribution in [0.5, 0.6) is 0 Å². The number of aliphatic imine (C=N–C) groups is 1. The fourth-order valence-corrected chi connectivity index (χ4v) is 3.62. The highest BCUT2D eigenvalue weighted by Crippen LogP contribution is 2.14. The Morgan fingerprint density at radius 1 is 1.10 bits per heavy atom. The lowest BCUT2D eigenvalue weighted by molar-refractivity contribution is 0.0203. The molecule has 0 spiro atoms. The molecule has 0 aromatic carbocycles. The van der Waals surface area contributed by atoms with Crippen LogP contribution >= 0.6 is 24.0 Å². The van der Waals surface area contributed by atoms with E-state index in [4.69, 9.17) is 23.6 Å². The number of nitrogens with zero attached hydrogens (tertiary/aromatic N) is 1. The first-order chi connectivity index (χ1) is 14.4. The van der Waals surface area contributed by atoms with E-state index >= 15 is 0 Å². The van der Waals surface area contributed by atoms with Gasteiger partial charge in [-0.1, -0.05) is 0 Å². The molecule has 1 aromatic rings. The Balaban J connectivity index is 0.00000320. The molecule has 1 atom stereocenters. The molecule has 30 heavy (non-hydrogen) atoms. The second-order valence-corrected chi connectivity index (χ2v) is 7.85. The molecule has 2 aliphatic heterocycles. The lowest BCUT2D eigenvalue weighted by Gasteiger charge is -2.22. The van der Waals surface area contributed by atoms with Crippen molar-refractivity contribution < 1.29 is 18.6 Å². The molecule has 1 aromatic heterocycles. The Kier molecular flexibility index (Phi) is 13.5. The summed E-state index contributed by atoms with van der Waals surface area (Å²) in [7, 11) is 0. The van der Waals surface area contributed by atoms with Crippen molar-refractivity contribution in [2.24, 2.45) is 10.9 Å². The van der Waals surface area contributed by atoms with Crippen LogP contribution in [0.15, 0.2) is 27.8 Å². The Hall–Kier alpha value is -0.840. The Bertz CT molecular complexity index is 559. The summed E-state index contributed by atoms with van der Waals surface area (Å²) < 4.78 is 22.4.